The molecular weight excluding hydrogens is 437 g/mol. The highest BCUT2D eigenvalue weighted by atomic mass is 35.5. The van der Waals surface area contributed by atoms with E-state index < -0.39 is 0 Å². The molecule has 0 radical (unpaired) electrons. The lowest BCUT2D eigenvalue weighted by Crippen LogP contribution is -2.48. The molecule has 2 heterocycles. The zero-order valence-electron chi connectivity index (χ0n) is 17.6. The van der Waals surface area contributed by atoms with E-state index in [9.17, 15) is 0 Å². The number of hydrogen-bond donors (Lipinski definition) is 0. The van der Waals surface area contributed by atoms with Crippen LogP contribution in [-0.4, -0.2) is 30.3 Å². The molecule has 31 heavy (non-hydrogen) atoms. The van der Waals surface area contributed by atoms with Crippen LogP contribution in [0.5, 0.6) is 0 Å². The largest absolute Gasteiger partial charge is 0.373 e. The number of nitrogens with zero attached hydrogens (tertiary/aromatic N) is 1. The fourth-order valence-corrected chi connectivity index (χ4v) is 6.69. The SMILES string of the molecule is C[C@H]1C[C@@H]2C[C@H](OCc3c(-c4c(Cl)cccc4Cl)noc3C3CC3)C[C@H]1C21OCCO1. The van der Waals surface area contributed by atoms with E-state index in [0.29, 0.717) is 59.2 Å². The Balaban J connectivity index is 1.25. The van der Waals surface area contributed by atoms with Crippen LogP contribution in [-0.2, 0) is 20.8 Å². The van der Waals surface area contributed by atoms with Gasteiger partial charge in [0.2, 0.25) is 0 Å². The van der Waals surface area contributed by atoms with Gasteiger partial charge in [0.25, 0.3) is 0 Å². The molecule has 2 bridgehead atoms. The topological polar surface area (TPSA) is 53.7 Å². The van der Waals surface area contributed by atoms with E-state index in [1.807, 2.05) is 18.2 Å². The van der Waals surface area contributed by atoms with E-state index in [1.165, 1.54) is 0 Å². The first kappa shape index (κ1) is 20.5. The Hall–Kier alpha value is -1.11. The van der Waals surface area contributed by atoms with Crippen molar-refractivity contribution in [2.45, 2.75) is 63.4 Å². The van der Waals surface area contributed by atoms with Gasteiger partial charge in [-0.2, -0.15) is 0 Å². The summed E-state index contributed by atoms with van der Waals surface area (Å²) in [5.74, 6) is 2.36. The predicted octanol–water partition coefficient (Wildman–Crippen LogP) is 6.22. The van der Waals surface area contributed by atoms with Crippen molar-refractivity contribution in [3.05, 3.63) is 39.6 Å². The monoisotopic (exact) mass is 463 g/mol. The van der Waals surface area contributed by atoms with Crippen molar-refractivity contribution in [3.8, 4) is 11.3 Å². The molecule has 0 N–H and O–H groups in total. The molecule has 1 aliphatic heterocycles. The highest BCUT2D eigenvalue weighted by Crippen LogP contribution is 2.57. The van der Waals surface area contributed by atoms with Gasteiger partial charge >= 0.3 is 0 Å². The maximum absolute atomic E-state index is 6.52. The van der Waals surface area contributed by atoms with E-state index in [-0.39, 0.29) is 11.9 Å². The smallest absolute Gasteiger partial charge is 0.174 e. The Morgan fingerprint density at radius 3 is 2.52 bits per heavy atom. The Morgan fingerprint density at radius 2 is 1.84 bits per heavy atom. The van der Waals surface area contributed by atoms with Crippen LogP contribution in [0.4, 0.5) is 0 Å². The number of benzene rings is 1. The Kier molecular flexibility index (Phi) is 5.12. The lowest BCUT2D eigenvalue weighted by atomic mass is 9.79. The maximum atomic E-state index is 6.52. The molecule has 2 aromatic rings. The molecule has 3 aliphatic carbocycles. The third kappa shape index (κ3) is 3.36. The molecule has 0 unspecified atom stereocenters. The minimum atomic E-state index is -0.369. The molecule has 4 atom stereocenters. The van der Waals surface area contributed by atoms with E-state index in [0.717, 1.165) is 49.0 Å². The summed E-state index contributed by atoms with van der Waals surface area (Å²) in [6, 6.07) is 5.51. The molecule has 4 fully saturated rings. The van der Waals surface area contributed by atoms with Gasteiger partial charge in [-0.05, 0) is 50.2 Å². The number of ether oxygens (including phenoxy) is 3. The van der Waals surface area contributed by atoms with Crippen molar-refractivity contribution in [2.24, 2.45) is 17.8 Å². The summed E-state index contributed by atoms with van der Waals surface area (Å²) >= 11 is 13.0. The lowest BCUT2D eigenvalue weighted by Gasteiger charge is -2.42. The molecular formula is C24H27Cl2NO4. The Bertz CT molecular complexity index is 962. The summed E-state index contributed by atoms with van der Waals surface area (Å²) in [6.07, 6.45) is 5.50. The Labute approximate surface area is 192 Å². The lowest BCUT2D eigenvalue weighted by molar-refractivity contribution is -0.241. The van der Waals surface area contributed by atoms with Gasteiger partial charge < -0.3 is 18.7 Å². The molecule has 5 nitrogen and oxygen atoms in total. The molecule has 1 spiro atoms. The fraction of sp³-hybridized carbons (Fsp3) is 0.625. The van der Waals surface area contributed by atoms with Crippen molar-refractivity contribution in [3.63, 3.8) is 0 Å². The first-order valence-corrected chi connectivity index (χ1v) is 12.1. The molecule has 6 rings (SSSR count). The van der Waals surface area contributed by atoms with E-state index >= 15 is 0 Å². The standard InChI is InChI=1S/C24H27Cl2NO4/c1-13-9-15-10-16(11-18(13)24(15)29-7-8-30-24)28-12-17-22(27-31-23(17)14-5-6-14)21-19(25)3-2-4-20(21)26/h2-4,13-16,18H,5-12H2,1H3/t13-,15+,16-,18+/m0/s1. The molecule has 3 saturated carbocycles. The van der Waals surface area contributed by atoms with Crippen LogP contribution in [0.25, 0.3) is 11.3 Å². The summed E-state index contributed by atoms with van der Waals surface area (Å²) in [4.78, 5) is 0. The fourth-order valence-electron chi connectivity index (χ4n) is 6.11. The third-order valence-corrected chi connectivity index (χ3v) is 8.29. The Morgan fingerprint density at radius 1 is 1.10 bits per heavy atom. The second kappa shape index (κ2) is 7.74. The number of aromatic nitrogens is 1. The number of hydrogen-bond acceptors (Lipinski definition) is 5. The zero-order chi connectivity index (χ0) is 21.2. The van der Waals surface area contributed by atoms with E-state index in [4.69, 9.17) is 41.9 Å². The minimum Gasteiger partial charge on any atom is -0.373 e. The van der Waals surface area contributed by atoms with Crippen LogP contribution < -0.4 is 0 Å². The molecule has 0 amide bonds. The summed E-state index contributed by atoms with van der Waals surface area (Å²) in [5.41, 5.74) is 2.43. The van der Waals surface area contributed by atoms with Crippen molar-refractivity contribution < 1.29 is 18.7 Å². The summed E-state index contributed by atoms with van der Waals surface area (Å²) in [5, 5.41) is 5.53. The minimum absolute atomic E-state index is 0.176. The number of rotatable bonds is 5. The molecule has 166 valence electrons. The van der Waals surface area contributed by atoms with Gasteiger partial charge in [0, 0.05) is 28.9 Å². The highest BCUT2D eigenvalue weighted by molar-refractivity contribution is 6.39. The average Bonchev–Trinajstić information content (AvgIpc) is 3.30. The number of halogens is 2. The van der Waals surface area contributed by atoms with Gasteiger partial charge in [0.15, 0.2) is 5.79 Å². The van der Waals surface area contributed by atoms with Gasteiger partial charge in [-0.3, -0.25) is 0 Å². The molecule has 1 aromatic heterocycles. The maximum Gasteiger partial charge on any atom is 0.174 e. The van der Waals surface area contributed by atoms with Gasteiger partial charge in [-0.1, -0.05) is 41.3 Å². The van der Waals surface area contributed by atoms with Gasteiger partial charge in [0.1, 0.15) is 11.5 Å². The summed E-state index contributed by atoms with van der Waals surface area (Å²) < 4.78 is 24.6. The van der Waals surface area contributed by atoms with E-state index in [1.54, 1.807) is 0 Å². The summed E-state index contributed by atoms with van der Waals surface area (Å²) in [6.45, 7) is 4.19. The molecule has 1 aromatic carbocycles. The average molecular weight is 464 g/mol. The van der Waals surface area contributed by atoms with Gasteiger partial charge in [0.05, 0.1) is 36.0 Å². The predicted molar refractivity (Wildman–Crippen MR) is 117 cm³/mol. The van der Waals surface area contributed by atoms with Crippen LogP contribution in [0.2, 0.25) is 10.0 Å². The second-order valence-corrected chi connectivity index (χ2v) is 10.4. The van der Waals surface area contributed by atoms with Crippen LogP contribution in [0, 0.1) is 17.8 Å². The normalized spacial score (nSPS) is 31.6. The van der Waals surface area contributed by atoms with Gasteiger partial charge in [-0.15, -0.1) is 0 Å². The quantitative estimate of drug-likeness (QED) is 0.526. The van der Waals surface area contributed by atoms with Gasteiger partial charge in [-0.25, -0.2) is 0 Å². The molecule has 7 heteroatoms. The second-order valence-electron chi connectivity index (χ2n) is 9.58. The third-order valence-electron chi connectivity index (χ3n) is 7.66. The van der Waals surface area contributed by atoms with Crippen LogP contribution in [0.3, 0.4) is 0 Å². The summed E-state index contributed by atoms with van der Waals surface area (Å²) in [7, 11) is 0. The highest BCUT2D eigenvalue weighted by Gasteiger charge is 2.61. The van der Waals surface area contributed by atoms with Crippen molar-refractivity contribution in [2.75, 3.05) is 13.2 Å². The van der Waals surface area contributed by atoms with Crippen LogP contribution in [0.1, 0.15) is 56.3 Å². The van der Waals surface area contributed by atoms with Crippen LogP contribution in [0.15, 0.2) is 22.7 Å². The molecule has 1 saturated heterocycles. The van der Waals surface area contributed by atoms with Crippen molar-refractivity contribution in [1.29, 1.82) is 0 Å². The molecule has 4 aliphatic rings. The first-order chi connectivity index (χ1) is 15.1. The van der Waals surface area contributed by atoms with E-state index in [2.05, 4.69) is 12.1 Å². The zero-order valence-corrected chi connectivity index (χ0v) is 19.1. The van der Waals surface area contributed by atoms with Crippen molar-refractivity contribution >= 4 is 23.2 Å². The van der Waals surface area contributed by atoms with Crippen molar-refractivity contribution in [1.82, 2.24) is 5.16 Å². The first-order valence-electron chi connectivity index (χ1n) is 11.4. The van der Waals surface area contributed by atoms with Crippen LogP contribution >= 0.6 is 23.2 Å².